The third-order valence-corrected chi connectivity index (χ3v) is 7.15. The molecule has 4 heterocycles. The molecule has 1 aromatic carbocycles. The minimum Gasteiger partial charge on any atom is -0.480 e. The first kappa shape index (κ1) is 25.4. The van der Waals surface area contributed by atoms with Gasteiger partial charge < -0.3 is 19.9 Å². The van der Waals surface area contributed by atoms with E-state index in [0.29, 0.717) is 34.4 Å². The van der Waals surface area contributed by atoms with E-state index in [1.165, 1.54) is 17.3 Å². The van der Waals surface area contributed by atoms with Gasteiger partial charge in [0.15, 0.2) is 0 Å². The second-order valence-electron chi connectivity index (χ2n) is 9.88. The molecule has 0 bridgehead atoms. The van der Waals surface area contributed by atoms with E-state index in [0.717, 1.165) is 43.5 Å². The minimum absolute atomic E-state index is 0.0602. The van der Waals surface area contributed by atoms with Crippen LogP contribution in [0.3, 0.4) is 0 Å². The molecule has 0 spiro atoms. The largest absolute Gasteiger partial charge is 0.480 e. The standard InChI is InChI=1S/C29H31N7O2/c1-18(14-30)17-36-10-7-20(8-11-36)23-5-4-22(12-19(23)2)33-28-27-21(6-9-32-29(27)37)13-24(35-28)25-15-31-16-26(34-25)38-3/h4-6,9,12-13,15-16,18,20H,7-8,10-11,17H2,1-3H3,(H,32,37)(H,33,35). The zero-order valence-corrected chi connectivity index (χ0v) is 21.9. The Labute approximate surface area is 221 Å². The molecule has 0 amide bonds. The molecule has 1 fully saturated rings. The number of likely N-dealkylation sites (tertiary alicyclic amines) is 1. The predicted octanol–water partition coefficient (Wildman–Crippen LogP) is 4.78. The second-order valence-corrected chi connectivity index (χ2v) is 9.88. The Bertz CT molecular complexity index is 1550. The Balaban J connectivity index is 1.41. The minimum atomic E-state index is -0.216. The maximum atomic E-state index is 12.8. The number of nitrogens with one attached hydrogen (secondary N) is 2. The van der Waals surface area contributed by atoms with Crippen LogP contribution in [0.5, 0.6) is 5.88 Å². The van der Waals surface area contributed by atoms with Crippen LogP contribution in [-0.4, -0.2) is 51.6 Å². The van der Waals surface area contributed by atoms with Crippen molar-refractivity contribution in [2.45, 2.75) is 32.6 Å². The van der Waals surface area contributed by atoms with E-state index in [2.05, 4.69) is 56.4 Å². The molecule has 194 valence electrons. The topological polar surface area (TPSA) is 120 Å². The van der Waals surface area contributed by atoms with Crippen LogP contribution >= 0.6 is 0 Å². The van der Waals surface area contributed by atoms with Crippen molar-refractivity contribution in [3.05, 3.63) is 70.4 Å². The number of hydrogen-bond donors (Lipinski definition) is 2. The number of hydrogen-bond acceptors (Lipinski definition) is 8. The summed E-state index contributed by atoms with van der Waals surface area (Å²) in [6.07, 6.45) is 6.95. The van der Waals surface area contributed by atoms with E-state index in [-0.39, 0.29) is 11.5 Å². The number of aromatic amines is 1. The van der Waals surface area contributed by atoms with Crippen molar-refractivity contribution in [1.29, 1.82) is 5.26 Å². The number of anilines is 2. The number of nitrogens with zero attached hydrogens (tertiary/aromatic N) is 5. The molecule has 9 nitrogen and oxygen atoms in total. The van der Waals surface area contributed by atoms with Gasteiger partial charge in [-0.05, 0) is 86.5 Å². The summed E-state index contributed by atoms with van der Waals surface area (Å²) in [5.74, 6) is 1.40. The molecule has 1 saturated heterocycles. The van der Waals surface area contributed by atoms with Crippen molar-refractivity contribution >= 4 is 22.3 Å². The summed E-state index contributed by atoms with van der Waals surface area (Å²) in [5.41, 5.74) is 4.33. The van der Waals surface area contributed by atoms with E-state index < -0.39 is 0 Å². The smallest absolute Gasteiger partial charge is 0.259 e. The number of ether oxygens (including phenoxy) is 1. The Kier molecular flexibility index (Phi) is 7.33. The predicted molar refractivity (Wildman–Crippen MR) is 148 cm³/mol. The maximum absolute atomic E-state index is 12.8. The first-order valence-corrected chi connectivity index (χ1v) is 12.8. The summed E-state index contributed by atoms with van der Waals surface area (Å²) in [7, 11) is 1.54. The SMILES string of the molecule is COc1cncc(-c2cc3cc[nH]c(=O)c3c(Nc3ccc(C4CCN(CC(C)C#N)CC4)c(C)c3)n2)n1. The number of fused-ring (bicyclic) bond motifs is 1. The van der Waals surface area contributed by atoms with Crippen LogP contribution in [0.4, 0.5) is 11.5 Å². The van der Waals surface area contributed by atoms with Crippen LogP contribution < -0.4 is 15.6 Å². The first-order chi connectivity index (χ1) is 18.4. The fourth-order valence-corrected chi connectivity index (χ4v) is 5.21. The van der Waals surface area contributed by atoms with Gasteiger partial charge in [-0.25, -0.2) is 9.97 Å². The van der Waals surface area contributed by atoms with Crippen molar-refractivity contribution < 1.29 is 4.74 Å². The number of H-pyrrole nitrogens is 1. The van der Waals surface area contributed by atoms with Gasteiger partial charge in [-0.3, -0.25) is 9.78 Å². The zero-order chi connectivity index (χ0) is 26.6. The van der Waals surface area contributed by atoms with E-state index in [1.54, 1.807) is 19.5 Å². The number of methoxy groups -OCH3 is 1. The number of aryl methyl sites for hydroxylation is 1. The van der Waals surface area contributed by atoms with Gasteiger partial charge in [-0.1, -0.05) is 6.07 Å². The van der Waals surface area contributed by atoms with Gasteiger partial charge in [0, 0.05) is 18.4 Å². The summed E-state index contributed by atoms with van der Waals surface area (Å²) < 4.78 is 5.22. The fraction of sp³-hybridized carbons (Fsp3) is 0.345. The Morgan fingerprint density at radius 2 is 2.00 bits per heavy atom. The highest BCUT2D eigenvalue weighted by molar-refractivity contribution is 5.94. The summed E-state index contributed by atoms with van der Waals surface area (Å²) in [5, 5.41) is 13.7. The summed E-state index contributed by atoms with van der Waals surface area (Å²) in [6, 6.07) is 12.4. The Morgan fingerprint density at radius 1 is 1.18 bits per heavy atom. The third kappa shape index (κ3) is 5.36. The zero-order valence-electron chi connectivity index (χ0n) is 21.9. The lowest BCUT2D eigenvalue weighted by Gasteiger charge is -2.33. The fourth-order valence-electron chi connectivity index (χ4n) is 5.21. The van der Waals surface area contributed by atoms with Crippen LogP contribution in [0.2, 0.25) is 0 Å². The monoisotopic (exact) mass is 509 g/mol. The van der Waals surface area contributed by atoms with Crippen LogP contribution in [0, 0.1) is 24.2 Å². The van der Waals surface area contributed by atoms with Crippen LogP contribution in [0.25, 0.3) is 22.2 Å². The van der Waals surface area contributed by atoms with E-state index in [4.69, 9.17) is 15.0 Å². The third-order valence-electron chi connectivity index (χ3n) is 7.15. The Hall–Kier alpha value is -4.29. The molecule has 1 aliphatic heterocycles. The molecule has 0 radical (unpaired) electrons. The van der Waals surface area contributed by atoms with Gasteiger partial charge >= 0.3 is 0 Å². The number of pyridine rings is 2. The van der Waals surface area contributed by atoms with E-state index in [1.807, 2.05) is 19.1 Å². The normalized spacial score (nSPS) is 15.2. The molecular weight excluding hydrogens is 478 g/mol. The summed E-state index contributed by atoms with van der Waals surface area (Å²) in [6.45, 7) is 6.97. The highest BCUT2D eigenvalue weighted by atomic mass is 16.5. The Morgan fingerprint density at radius 3 is 2.74 bits per heavy atom. The first-order valence-electron chi connectivity index (χ1n) is 12.8. The van der Waals surface area contributed by atoms with Crippen molar-refractivity contribution in [3.8, 4) is 23.3 Å². The van der Waals surface area contributed by atoms with Gasteiger partial charge in [-0.2, -0.15) is 5.26 Å². The lowest BCUT2D eigenvalue weighted by atomic mass is 9.86. The van der Waals surface area contributed by atoms with Gasteiger partial charge in [0.25, 0.3) is 5.56 Å². The molecular formula is C29H31N7O2. The van der Waals surface area contributed by atoms with Crippen molar-refractivity contribution in [2.24, 2.45) is 5.92 Å². The molecule has 1 aliphatic rings. The number of rotatable bonds is 7. The van der Waals surface area contributed by atoms with Crippen LogP contribution in [0.1, 0.15) is 36.8 Å². The summed E-state index contributed by atoms with van der Waals surface area (Å²) in [4.78, 5) is 31.3. The van der Waals surface area contributed by atoms with Crippen LogP contribution in [0.15, 0.2) is 53.7 Å². The second kappa shape index (κ2) is 11.0. The van der Waals surface area contributed by atoms with Gasteiger partial charge in [0.05, 0.1) is 42.6 Å². The van der Waals surface area contributed by atoms with E-state index >= 15 is 0 Å². The molecule has 0 aliphatic carbocycles. The average molecular weight is 510 g/mol. The highest BCUT2D eigenvalue weighted by Crippen LogP contribution is 2.33. The number of aromatic nitrogens is 4. The van der Waals surface area contributed by atoms with Crippen molar-refractivity contribution in [1.82, 2.24) is 24.8 Å². The summed E-state index contributed by atoms with van der Waals surface area (Å²) >= 11 is 0. The number of benzene rings is 1. The quantitative estimate of drug-likeness (QED) is 0.365. The molecule has 9 heteroatoms. The van der Waals surface area contributed by atoms with Gasteiger partial charge in [-0.15, -0.1) is 0 Å². The molecule has 1 unspecified atom stereocenters. The molecule has 0 saturated carbocycles. The van der Waals surface area contributed by atoms with Crippen LogP contribution in [-0.2, 0) is 0 Å². The molecule has 3 aromatic heterocycles. The van der Waals surface area contributed by atoms with Gasteiger partial charge in [0.2, 0.25) is 5.88 Å². The molecule has 4 aromatic rings. The molecule has 2 N–H and O–H groups in total. The highest BCUT2D eigenvalue weighted by Gasteiger charge is 2.23. The average Bonchev–Trinajstić information content (AvgIpc) is 2.93. The number of nitriles is 1. The van der Waals surface area contributed by atoms with Crippen molar-refractivity contribution in [2.75, 3.05) is 32.1 Å². The lowest BCUT2D eigenvalue weighted by Crippen LogP contribution is -2.35. The lowest BCUT2D eigenvalue weighted by molar-refractivity contribution is 0.199. The van der Waals surface area contributed by atoms with Crippen molar-refractivity contribution in [3.63, 3.8) is 0 Å². The number of piperidine rings is 1. The molecule has 5 rings (SSSR count). The van der Waals surface area contributed by atoms with E-state index in [9.17, 15) is 4.79 Å². The molecule has 38 heavy (non-hydrogen) atoms. The maximum Gasteiger partial charge on any atom is 0.259 e. The molecule has 1 atom stereocenters. The van der Waals surface area contributed by atoms with Gasteiger partial charge in [0.1, 0.15) is 11.5 Å².